The van der Waals surface area contributed by atoms with Crippen LogP contribution in [0.4, 0.5) is 0 Å². The van der Waals surface area contributed by atoms with Gasteiger partial charge in [0.25, 0.3) is 0 Å². The Balaban J connectivity index is 1.64. The second-order valence-electron chi connectivity index (χ2n) is 9.99. The van der Waals surface area contributed by atoms with Gasteiger partial charge in [-0.3, -0.25) is 9.97 Å². The Morgan fingerprint density at radius 1 is 0.514 bits per heavy atom. The molecule has 0 atom stereocenters. The van der Waals surface area contributed by atoms with Crippen LogP contribution in [0.5, 0.6) is 0 Å². The minimum absolute atomic E-state index is 0.0938. The first-order chi connectivity index (χ1) is 17.0. The molecule has 3 aromatic carbocycles. The molecule has 0 unspecified atom stereocenters. The van der Waals surface area contributed by atoms with Gasteiger partial charge in [0.05, 0.1) is 11.4 Å². The third-order valence-electron chi connectivity index (χ3n) is 6.47. The van der Waals surface area contributed by atoms with E-state index in [2.05, 4.69) is 116 Å². The molecule has 0 spiro atoms. The molecule has 5 rings (SSSR count). The fourth-order valence-corrected chi connectivity index (χ4v) is 4.58. The van der Waals surface area contributed by atoms with Crippen molar-refractivity contribution < 1.29 is 0 Å². The average Bonchev–Trinajstić information content (AvgIpc) is 2.90. The Morgan fingerprint density at radius 3 is 1.46 bits per heavy atom. The molecular weight excluding hydrogens is 424 g/mol. The number of pyridine rings is 2. The van der Waals surface area contributed by atoms with E-state index in [9.17, 15) is 0 Å². The molecule has 0 aliphatic heterocycles. The Bertz CT molecular complexity index is 1320. The molecule has 2 nitrogen and oxygen atoms in total. The first-order valence-electron chi connectivity index (χ1n) is 12.1. The summed E-state index contributed by atoms with van der Waals surface area (Å²) in [7, 11) is 0. The van der Waals surface area contributed by atoms with Crippen LogP contribution in [0.2, 0.25) is 0 Å². The fraction of sp³-hybridized carbons (Fsp3) is 0.152. The van der Waals surface area contributed by atoms with Gasteiger partial charge < -0.3 is 0 Å². The highest BCUT2D eigenvalue weighted by Crippen LogP contribution is 2.36. The van der Waals surface area contributed by atoms with Crippen molar-refractivity contribution in [1.29, 1.82) is 0 Å². The predicted octanol–water partition coefficient (Wildman–Crippen LogP) is 8.29. The van der Waals surface area contributed by atoms with Gasteiger partial charge in [-0.2, -0.15) is 0 Å². The predicted molar refractivity (Wildman–Crippen MR) is 145 cm³/mol. The summed E-state index contributed by atoms with van der Waals surface area (Å²) in [5.74, 6) is 0.0938. The van der Waals surface area contributed by atoms with Gasteiger partial charge in [0.2, 0.25) is 0 Å². The summed E-state index contributed by atoms with van der Waals surface area (Å²) in [5, 5.41) is 0. The smallest absolute Gasteiger partial charge is 0.0702 e. The minimum Gasteiger partial charge on any atom is -0.256 e. The van der Waals surface area contributed by atoms with E-state index in [1.54, 1.807) is 0 Å². The van der Waals surface area contributed by atoms with Crippen LogP contribution in [-0.4, -0.2) is 9.97 Å². The van der Waals surface area contributed by atoms with Crippen molar-refractivity contribution in [2.24, 2.45) is 0 Å². The first-order valence-corrected chi connectivity index (χ1v) is 12.1. The van der Waals surface area contributed by atoms with Crippen molar-refractivity contribution in [3.05, 3.63) is 144 Å². The third-order valence-corrected chi connectivity index (χ3v) is 6.47. The number of aromatic nitrogens is 2. The molecular formula is C33H30N2. The van der Waals surface area contributed by atoms with Crippen molar-refractivity contribution in [2.45, 2.75) is 32.1 Å². The summed E-state index contributed by atoms with van der Waals surface area (Å²) >= 11 is 0. The van der Waals surface area contributed by atoms with E-state index in [-0.39, 0.29) is 11.3 Å². The lowest BCUT2D eigenvalue weighted by Crippen LogP contribution is -2.11. The Kier molecular flexibility index (Phi) is 6.29. The van der Waals surface area contributed by atoms with Crippen LogP contribution in [0.3, 0.4) is 0 Å². The molecule has 0 aliphatic rings. The van der Waals surface area contributed by atoms with Crippen molar-refractivity contribution in [3.8, 4) is 22.5 Å². The van der Waals surface area contributed by atoms with E-state index < -0.39 is 0 Å². The van der Waals surface area contributed by atoms with Crippen LogP contribution in [0.15, 0.2) is 122 Å². The molecule has 0 radical (unpaired) electrons. The molecule has 35 heavy (non-hydrogen) atoms. The van der Waals surface area contributed by atoms with Gasteiger partial charge in [0.15, 0.2) is 0 Å². The SMILES string of the molecule is CC(C)(C)c1ccc(C(c2cccc(-c3ccccn3)c2)c2cccc(-c3ccccn3)c2)cc1. The van der Waals surface area contributed by atoms with Crippen molar-refractivity contribution >= 4 is 0 Å². The van der Waals surface area contributed by atoms with Crippen LogP contribution >= 0.6 is 0 Å². The van der Waals surface area contributed by atoms with E-state index in [1.807, 2.05) is 36.7 Å². The topological polar surface area (TPSA) is 25.8 Å². The summed E-state index contributed by atoms with van der Waals surface area (Å²) in [4.78, 5) is 9.16. The Labute approximate surface area is 208 Å². The molecule has 0 saturated carbocycles. The Morgan fingerprint density at radius 2 is 1.03 bits per heavy atom. The molecule has 172 valence electrons. The number of rotatable bonds is 5. The fourth-order valence-electron chi connectivity index (χ4n) is 4.58. The van der Waals surface area contributed by atoms with E-state index >= 15 is 0 Å². The third kappa shape index (κ3) is 5.07. The number of nitrogens with zero attached hydrogens (tertiary/aromatic N) is 2. The highest BCUT2D eigenvalue weighted by molar-refractivity contribution is 5.64. The van der Waals surface area contributed by atoms with E-state index in [4.69, 9.17) is 0 Å². The van der Waals surface area contributed by atoms with E-state index in [0.717, 1.165) is 22.5 Å². The summed E-state index contributed by atoms with van der Waals surface area (Å²) in [6.45, 7) is 6.77. The summed E-state index contributed by atoms with van der Waals surface area (Å²) in [5.41, 5.74) is 9.44. The van der Waals surface area contributed by atoms with Gasteiger partial charge in [-0.05, 0) is 64.1 Å². The molecule has 0 saturated heterocycles. The molecule has 0 fully saturated rings. The highest BCUT2D eigenvalue weighted by Gasteiger charge is 2.20. The second kappa shape index (κ2) is 9.68. The Hall–Kier alpha value is -4.04. The number of hydrogen-bond acceptors (Lipinski definition) is 2. The zero-order chi connectivity index (χ0) is 24.3. The molecule has 0 N–H and O–H groups in total. The summed E-state index contributed by atoms with van der Waals surface area (Å²) in [6, 6.07) is 38.8. The first kappa shape index (κ1) is 22.7. The molecule has 2 heterocycles. The lowest BCUT2D eigenvalue weighted by atomic mass is 9.81. The van der Waals surface area contributed by atoms with Crippen LogP contribution in [0.25, 0.3) is 22.5 Å². The normalized spacial score (nSPS) is 11.5. The van der Waals surface area contributed by atoms with Gasteiger partial charge in [-0.25, -0.2) is 0 Å². The molecule has 0 amide bonds. The molecule has 5 aromatic rings. The average molecular weight is 455 g/mol. The largest absolute Gasteiger partial charge is 0.256 e. The number of benzene rings is 3. The molecule has 2 aromatic heterocycles. The summed E-state index contributed by atoms with van der Waals surface area (Å²) < 4.78 is 0. The second-order valence-corrected chi connectivity index (χ2v) is 9.99. The van der Waals surface area contributed by atoms with Gasteiger partial charge in [-0.1, -0.05) is 93.6 Å². The van der Waals surface area contributed by atoms with Crippen LogP contribution in [0, 0.1) is 0 Å². The maximum absolute atomic E-state index is 4.58. The standard InChI is InChI=1S/C33H30N2/c1-33(2,3)29-18-16-24(17-19-29)32(27-12-8-10-25(22-27)30-14-4-6-20-34-30)28-13-9-11-26(23-28)31-15-5-7-21-35-31/h4-23,32H,1-3H3. The van der Waals surface area contributed by atoms with Gasteiger partial charge in [-0.15, -0.1) is 0 Å². The summed E-state index contributed by atoms with van der Waals surface area (Å²) in [6.07, 6.45) is 3.70. The minimum atomic E-state index is 0.0938. The van der Waals surface area contributed by atoms with E-state index in [1.165, 1.54) is 22.3 Å². The quantitative estimate of drug-likeness (QED) is 0.250. The van der Waals surface area contributed by atoms with Gasteiger partial charge in [0.1, 0.15) is 0 Å². The maximum Gasteiger partial charge on any atom is 0.0702 e. The van der Waals surface area contributed by atoms with E-state index in [0.29, 0.717) is 0 Å². The van der Waals surface area contributed by atoms with Crippen molar-refractivity contribution in [1.82, 2.24) is 9.97 Å². The van der Waals surface area contributed by atoms with Gasteiger partial charge in [0, 0.05) is 29.4 Å². The maximum atomic E-state index is 4.58. The highest BCUT2D eigenvalue weighted by atomic mass is 14.7. The van der Waals surface area contributed by atoms with Crippen LogP contribution < -0.4 is 0 Å². The lowest BCUT2D eigenvalue weighted by Gasteiger charge is -2.23. The molecule has 2 heteroatoms. The van der Waals surface area contributed by atoms with Crippen LogP contribution in [-0.2, 0) is 5.41 Å². The monoisotopic (exact) mass is 454 g/mol. The van der Waals surface area contributed by atoms with Crippen molar-refractivity contribution in [2.75, 3.05) is 0 Å². The van der Waals surface area contributed by atoms with Gasteiger partial charge >= 0.3 is 0 Å². The molecule has 0 aliphatic carbocycles. The molecule has 0 bridgehead atoms. The number of hydrogen-bond donors (Lipinski definition) is 0. The van der Waals surface area contributed by atoms with Crippen molar-refractivity contribution in [3.63, 3.8) is 0 Å². The zero-order valence-electron chi connectivity index (χ0n) is 20.5. The van der Waals surface area contributed by atoms with Crippen LogP contribution in [0.1, 0.15) is 48.9 Å². The lowest BCUT2D eigenvalue weighted by molar-refractivity contribution is 0.590. The zero-order valence-corrected chi connectivity index (χ0v) is 20.5.